The molecule has 120 valence electrons. The average molecular weight is 318 g/mol. The number of aromatic nitrogens is 1. The lowest BCUT2D eigenvalue weighted by Crippen LogP contribution is -2.42. The first-order valence-electron chi connectivity index (χ1n) is 6.90. The minimum absolute atomic E-state index is 0.0480. The highest BCUT2D eigenvalue weighted by Crippen LogP contribution is 2.14. The van der Waals surface area contributed by atoms with E-state index in [4.69, 9.17) is 5.11 Å². The predicted molar refractivity (Wildman–Crippen MR) is 80.6 cm³/mol. The number of carbonyl (C=O) groups is 2. The Hall–Kier alpha value is -2.80. The van der Waals surface area contributed by atoms with Crippen molar-refractivity contribution in [3.05, 3.63) is 70.4 Å². The van der Waals surface area contributed by atoms with Gasteiger partial charge in [0, 0.05) is 24.4 Å². The predicted octanol–water partition coefficient (Wildman–Crippen LogP) is 0.520. The summed E-state index contributed by atoms with van der Waals surface area (Å²) in [6.07, 6.45) is 1.33. The number of aliphatic hydroxyl groups excluding tert-OH is 1. The van der Waals surface area contributed by atoms with E-state index < -0.39 is 29.1 Å². The Morgan fingerprint density at radius 2 is 1.87 bits per heavy atom. The number of amides is 1. The van der Waals surface area contributed by atoms with Gasteiger partial charge >= 0.3 is 0 Å². The zero-order valence-electron chi connectivity index (χ0n) is 12.1. The van der Waals surface area contributed by atoms with Gasteiger partial charge in [-0.2, -0.15) is 0 Å². The monoisotopic (exact) mass is 318 g/mol. The smallest absolute Gasteiger partial charge is 0.251 e. The van der Waals surface area contributed by atoms with Crippen molar-refractivity contribution in [1.29, 1.82) is 0 Å². The first kappa shape index (κ1) is 16.6. The van der Waals surface area contributed by atoms with E-state index in [1.165, 1.54) is 36.5 Å². The Kier molecular flexibility index (Phi) is 5.37. The van der Waals surface area contributed by atoms with Crippen molar-refractivity contribution in [2.24, 2.45) is 0 Å². The molecule has 6 nitrogen and oxygen atoms in total. The van der Waals surface area contributed by atoms with Crippen LogP contribution in [0.1, 0.15) is 16.4 Å². The zero-order chi connectivity index (χ0) is 16.8. The zero-order valence-corrected chi connectivity index (χ0v) is 12.1. The molecule has 2 aromatic rings. The van der Waals surface area contributed by atoms with Crippen LogP contribution in [0.2, 0.25) is 0 Å². The lowest BCUT2D eigenvalue weighted by Gasteiger charge is -2.18. The summed E-state index contributed by atoms with van der Waals surface area (Å²) in [4.78, 5) is 36.8. The van der Waals surface area contributed by atoms with Crippen LogP contribution in [0.25, 0.3) is 0 Å². The molecule has 1 aromatic heterocycles. The molecule has 0 bridgehead atoms. The van der Waals surface area contributed by atoms with Gasteiger partial charge in [0.1, 0.15) is 5.82 Å². The summed E-state index contributed by atoms with van der Waals surface area (Å²) in [5, 5.41) is 11.2. The van der Waals surface area contributed by atoms with Crippen LogP contribution in [0, 0.1) is 5.82 Å². The van der Waals surface area contributed by atoms with Gasteiger partial charge in [-0.05, 0) is 30.3 Å². The highest BCUT2D eigenvalue weighted by Gasteiger charge is 2.29. The maximum Gasteiger partial charge on any atom is 0.251 e. The Labute approximate surface area is 131 Å². The number of rotatable bonds is 6. The third-order valence-corrected chi connectivity index (χ3v) is 3.17. The fourth-order valence-corrected chi connectivity index (χ4v) is 2.07. The highest BCUT2D eigenvalue weighted by atomic mass is 19.1. The van der Waals surface area contributed by atoms with Crippen molar-refractivity contribution >= 4 is 11.7 Å². The molecule has 0 spiro atoms. The van der Waals surface area contributed by atoms with E-state index in [1.807, 2.05) is 0 Å². The number of carbonyl (C=O) groups excluding carboxylic acids is 2. The first-order valence-corrected chi connectivity index (χ1v) is 6.90. The molecular formula is C16H15FN2O4. The number of halogens is 1. The third kappa shape index (κ3) is 3.89. The molecule has 1 atom stereocenters. The summed E-state index contributed by atoms with van der Waals surface area (Å²) in [6.45, 7) is -0.347. The van der Waals surface area contributed by atoms with Gasteiger partial charge in [0.05, 0.1) is 6.61 Å². The van der Waals surface area contributed by atoms with Crippen LogP contribution in [-0.2, 0) is 4.79 Å². The summed E-state index contributed by atoms with van der Waals surface area (Å²) in [6, 6.07) is 7.50. The number of hydrogen-bond donors (Lipinski definition) is 2. The molecule has 0 aliphatic heterocycles. The lowest BCUT2D eigenvalue weighted by molar-refractivity contribution is -0.123. The topological polar surface area (TPSA) is 88.4 Å². The number of ketones is 1. The SMILES string of the molecule is O=C(NCCO)C(C(=O)c1ccc(F)cc1)n1ccccc1=O. The molecule has 0 saturated carbocycles. The van der Waals surface area contributed by atoms with Crippen molar-refractivity contribution in [3.8, 4) is 0 Å². The summed E-state index contributed by atoms with van der Waals surface area (Å²) in [7, 11) is 0. The second-order valence-electron chi connectivity index (χ2n) is 4.73. The van der Waals surface area contributed by atoms with Gasteiger partial charge < -0.3 is 10.4 Å². The minimum atomic E-state index is -1.43. The van der Waals surface area contributed by atoms with Gasteiger partial charge in [0.25, 0.3) is 11.5 Å². The van der Waals surface area contributed by atoms with Crippen LogP contribution in [0.15, 0.2) is 53.5 Å². The number of hydrogen-bond acceptors (Lipinski definition) is 4. The van der Waals surface area contributed by atoms with Gasteiger partial charge in [-0.3, -0.25) is 19.0 Å². The van der Waals surface area contributed by atoms with Crippen LogP contribution in [0.5, 0.6) is 0 Å². The largest absolute Gasteiger partial charge is 0.395 e. The number of Topliss-reactive ketones (excluding diaryl/α,β-unsaturated/α-hetero) is 1. The molecule has 1 aromatic carbocycles. The van der Waals surface area contributed by atoms with Crippen LogP contribution in [0.4, 0.5) is 4.39 Å². The molecule has 0 fully saturated rings. The van der Waals surface area contributed by atoms with Gasteiger partial charge in [0.15, 0.2) is 11.8 Å². The Morgan fingerprint density at radius 3 is 2.48 bits per heavy atom. The number of benzene rings is 1. The molecule has 7 heteroatoms. The number of aliphatic hydroxyl groups is 1. The summed E-state index contributed by atoms with van der Waals surface area (Å²) >= 11 is 0. The Morgan fingerprint density at radius 1 is 1.17 bits per heavy atom. The van der Waals surface area contributed by atoms with E-state index in [2.05, 4.69) is 5.32 Å². The van der Waals surface area contributed by atoms with Crippen molar-refractivity contribution < 1.29 is 19.1 Å². The van der Waals surface area contributed by atoms with E-state index in [9.17, 15) is 18.8 Å². The normalized spacial score (nSPS) is 11.7. The summed E-state index contributed by atoms with van der Waals surface area (Å²) in [5.74, 6) is -1.88. The number of pyridine rings is 1. The highest BCUT2D eigenvalue weighted by molar-refractivity contribution is 6.11. The maximum atomic E-state index is 13.0. The van der Waals surface area contributed by atoms with Crippen LogP contribution in [0.3, 0.4) is 0 Å². The molecule has 2 N–H and O–H groups in total. The Balaban J connectivity index is 2.43. The standard InChI is InChI=1S/C16H15FN2O4/c17-12-6-4-11(5-7-12)15(22)14(16(23)18-8-10-20)19-9-2-1-3-13(19)21/h1-7,9,14,20H,8,10H2,(H,18,23). The summed E-state index contributed by atoms with van der Waals surface area (Å²) in [5.41, 5.74) is -0.418. The van der Waals surface area contributed by atoms with E-state index >= 15 is 0 Å². The maximum absolute atomic E-state index is 13.0. The first-order chi connectivity index (χ1) is 11.0. The van der Waals surface area contributed by atoms with Crippen LogP contribution >= 0.6 is 0 Å². The molecule has 1 unspecified atom stereocenters. The molecular weight excluding hydrogens is 303 g/mol. The van der Waals surface area contributed by atoms with Crippen molar-refractivity contribution in [2.45, 2.75) is 6.04 Å². The van der Waals surface area contributed by atoms with Gasteiger partial charge in [0.2, 0.25) is 0 Å². The second kappa shape index (κ2) is 7.46. The molecule has 1 amide bonds. The molecule has 0 radical (unpaired) electrons. The number of nitrogens with one attached hydrogen (secondary N) is 1. The van der Waals surface area contributed by atoms with E-state index in [0.717, 1.165) is 16.7 Å². The van der Waals surface area contributed by atoms with E-state index in [1.54, 1.807) is 0 Å². The van der Waals surface area contributed by atoms with Gasteiger partial charge in [-0.15, -0.1) is 0 Å². The van der Waals surface area contributed by atoms with E-state index in [0.29, 0.717) is 0 Å². The fraction of sp³-hybridized carbons (Fsp3) is 0.188. The molecule has 0 aliphatic carbocycles. The molecule has 1 heterocycles. The number of nitrogens with zero attached hydrogens (tertiary/aromatic N) is 1. The second-order valence-corrected chi connectivity index (χ2v) is 4.73. The van der Waals surface area contributed by atoms with Gasteiger partial charge in [-0.25, -0.2) is 4.39 Å². The van der Waals surface area contributed by atoms with E-state index in [-0.39, 0.29) is 18.7 Å². The van der Waals surface area contributed by atoms with Gasteiger partial charge in [-0.1, -0.05) is 6.07 Å². The van der Waals surface area contributed by atoms with Crippen LogP contribution in [-0.4, -0.2) is 34.5 Å². The van der Waals surface area contributed by atoms with Crippen molar-refractivity contribution in [3.63, 3.8) is 0 Å². The molecule has 0 aliphatic rings. The molecule has 2 rings (SSSR count). The molecule has 0 saturated heterocycles. The quantitative estimate of drug-likeness (QED) is 0.600. The average Bonchev–Trinajstić information content (AvgIpc) is 2.55. The Bertz CT molecular complexity index is 755. The molecule has 23 heavy (non-hydrogen) atoms. The van der Waals surface area contributed by atoms with Crippen molar-refractivity contribution in [1.82, 2.24) is 9.88 Å². The van der Waals surface area contributed by atoms with Crippen LogP contribution < -0.4 is 10.9 Å². The third-order valence-electron chi connectivity index (χ3n) is 3.17. The lowest BCUT2D eigenvalue weighted by atomic mass is 10.0. The minimum Gasteiger partial charge on any atom is -0.395 e. The fourth-order valence-electron chi connectivity index (χ4n) is 2.07. The summed E-state index contributed by atoms with van der Waals surface area (Å²) < 4.78 is 14.0. The van der Waals surface area contributed by atoms with Crippen molar-refractivity contribution in [2.75, 3.05) is 13.2 Å².